The van der Waals surface area contributed by atoms with Crippen LogP contribution in [0.25, 0.3) is 10.8 Å². The van der Waals surface area contributed by atoms with E-state index in [4.69, 9.17) is 4.74 Å². The van der Waals surface area contributed by atoms with Crippen LogP contribution in [-0.2, 0) is 6.54 Å². The summed E-state index contributed by atoms with van der Waals surface area (Å²) in [6.07, 6.45) is 4.29. The molecule has 19 heavy (non-hydrogen) atoms. The topological polar surface area (TPSA) is 34.1 Å². The number of hydrogen-bond donors (Lipinski definition) is 1. The standard InChI is InChI=1S/C16H22N2O/c1-4-7-12(2)19-16-15-9-6-5-8-14(15)13(10-17-3)11-18-16/h5-6,8-9,11-12,17H,4,7,10H2,1-3H3. The highest BCUT2D eigenvalue weighted by Crippen LogP contribution is 2.27. The van der Waals surface area contributed by atoms with Gasteiger partial charge in [-0.3, -0.25) is 0 Å². The fraction of sp³-hybridized carbons (Fsp3) is 0.438. The summed E-state index contributed by atoms with van der Waals surface area (Å²) in [5.74, 6) is 0.747. The van der Waals surface area contributed by atoms with E-state index in [1.807, 2.05) is 19.3 Å². The summed E-state index contributed by atoms with van der Waals surface area (Å²) in [6, 6.07) is 8.29. The molecule has 1 atom stereocenters. The van der Waals surface area contributed by atoms with Crippen LogP contribution in [0.15, 0.2) is 30.5 Å². The molecule has 0 bridgehead atoms. The van der Waals surface area contributed by atoms with Gasteiger partial charge in [-0.1, -0.05) is 31.5 Å². The third-order valence-corrected chi connectivity index (χ3v) is 3.22. The second-order valence-electron chi connectivity index (χ2n) is 4.88. The molecule has 1 N–H and O–H groups in total. The number of benzene rings is 1. The zero-order valence-corrected chi connectivity index (χ0v) is 11.9. The Morgan fingerprint density at radius 3 is 2.68 bits per heavy atom. The molecular formula is C16H22N2O. The molecule has 0 fully saturated rings. The molecule has 0 radical (unpaired) electrons. The van der Waals surface area contributed by atoms with Crippen molar-refractivity contribution in [1.29, 1.82) is 0 Å². The third-order valence-electron chi connectivity index (χ3n) is 3.22. The van der Waals surface area contributed by atoms with E-state index in [0.29, 0.717) is 0 Å². The summed E-state index contributed by atoms with van der Waals surface area (Å²) in [5.41, 5.74) is 1.20. The molecular weight excluding hydrogens is 236 g/mol. The van der Waals surface area contributed by atoms with E-state index in [9.17, 15) is 0 Å². The van der Waals surface area contributed by atoms with Gasteiger partial charge in [0.05, 0.1) is 6.10 Å². The smallest absolute Gasteiger partial charge is 0.221 e. The van der Waals surface area contributed by atoms with Gasteiger partial charge in [-0.2, -0.15) is 0 Å². The molecule has 1 heterocycles. The Morgan fingerprint density at radius 2 is 2.00 bits per heavy atom. The SMILES string of the molecule is CCCC(C)Oc1ncc(CNC)c2ccccc12. The zero-order chi connectivity index (χ0) is 13.7. The Bertz CT molecular complexity index is 539. The number of hydrogen-bond acceptors (Lipinski definition) is 3. The van der Waals surface area contributed by atoms with Crippen LogP contribution in [0, 0.1) is 0 Å². The minimum atomic E-state index is 0.205. The molecule has 2 aromatic rings. The second kappa shape index (κ2) is 6.53. The Balaban J connectivity index is 2.37. The van der Waals surface area contributed by atoms with E-state index in [1.54, 1.807) is 0 Å². The highest BCUT2D eigenvalue weighted by molar-refractivity contribution is 5.89. The lowest BCUT2D eigenvalue weighted by molar-refractivity contribution is 0.204. The van der Waals surface area contributed by atoms with Crippen LogP contribution in [0.3, 0.4) is 0 Å². The maximum atomic E-state index is 5.97. The molecule has 0 aliphatic rings. The van der Waals surface area contributed by atoms with Gasteiger partial charge < -0.3 is 10.1 Å². The van der Waals surface area contributed by atoms with E-state index >= 15 is 0 Å². The fourth-order valence-electron chi connectivity index (χ4n) is 2.31. The van der Waals surface area contributed by atoms with Crippen LogP contribution >= 0.6 is 0 Å². The quantitative estimate of drug-likeness (QED) is 0.860. The van der Waals surface area contributed by atoms with Crippen molar-refractivity contribution >= 4 is 10.8 Å². The van der Waals surface area contributed by atoms with E-state index in [1.165, 1.54) is 10.9 Å². The Kier molecular flexibility index (Phi) is 4.74. The first kappa shape index (κ1) is 13.8. The molecule has 0 amide bonds. The fourth-order valence-corrected chi connectivity index (χ4v) is 2.31. The average Bonchev–Trinajstić information content (AvgIpc) is 2.42. The number of rotatable bonds is 6. The zero-order valence-electron chi connectivity index (χ0n) is 11.9. The number of aromatic nitrogens is 1. The van der Waals surface area contributed by atoms with Crippen LogP contribution < -0.4 is 10.1 Å². The van der Waals surface area contributed by atoms with Crippen LogP contribution in [0.4, 0.5) is 0 Å². The number of fused-ring (bicyclic) bond motifs is 1. The normalized spacial score (nSPS) is 12.6. The Hall–Kier alpha value is -1.61. The summed E-state index contributed by atoms with van der Waals surface area (Å²) in [5, 5.41) is 5.48. The number of ether oxygens (including phenoxy) is 1. The molecule has 102 valence electrons. The van der Waals surface area contributed by atoms with Crippen molar-refractivity contribution < 1.29 is 4.74 Å². The number of nitrogens with one attached hydrogen (secondary N) is 1. The van der Waals surface area contributed by atoms with Gasteiger partial charge in [0.25, 0.3) is 0 Å². The first-order valence-electron chi connectivity index (χ1n) is 6.94. The summed E-state index contributed by atoms with van der Waals surface area (Å²) < 4.78 is 5.97. The molecule has 2 rings (SSSR count). The van der Waals surface area contributed by atoms with Crippen molar-refractivity contribution in [2.45, 2.75) is 39.3 Å². The molecule has 0 spiro atoms. The van der Waals surface area contributed by atoms with Gasteiger partial charge in [-0.25, -0.2) is 4.98 Å². The van der Waals surface area contributed by atoms with E-state index in [2.05, 4.69) is 42.3 Å². The lowest BCUT2D eigenvalue weighted by Crippen LogP contribution is -2.13. The first-order chi connectivity index (χ1) is 9.26. The highest BCUT2D eigenvalue weighted by Gasteiger charge is 2.10. The van der Waals surface area contributed by atoms with Crippen molar-refractivity contribution in [2.24, 2.45) is 0 Å². The summed E-state index contributed by atoms with van der Waals surface area (Å²) in [6.45, 7) is 5.08. The molecule has 3 heteroatoms. The van der Waals surface area contributed by atoms with Crippen molar-refractivity contribution in [3.05, 3.63) is 36.0 Å². The van der Waals surface area contributed by atoms with E-state index in [0.717, 1.165) is 30.7 Å². The molecule has 0 aliphatic carbocycles. The van der Waals surface area contributed by atoms with Gasteiger partial charge in [0.2, 0.25) is 5.88 Å². The lowest BCUT2D eigenvalue weighted by Gasteiger charge is -2.16. The molecule has 0 aliphatic heterocycles. The summed E-state index contributed by atoms with van der Waals surface area (Å²) >= 11 is 0. The molecule has 1 aromatic carbocycles. The molecule has 1 unspecified atom stereocenters. The predicted octanol–water partition coefficient (Wildman–Crippen LogP) is 3.52. The maximum Gasteiger partial charge on any atom is 0.221 e. The molecule has 3 nitrogen and oxygen atoms in total. The number of pyridine rings is 1. The Labute approximate surface area is 115 Å². The molecule has 1 aromatic heterocycles. The highest BCUT2D eigenvalue weighted by atomic mass is 16.5. The third kappa shape index (κ3) is 3.24. The average molecular weight is 258 g/mol. The van der Waals surface area contributed by atoms with Gasteiger partial charge in [0, 0.05) is 18.1 Å². The predicted molar refractivity (Wildman–Crippen MR) is 79.5 cm³/mol. The maximum absolute atomic E-state index is 5.97. The van der Waals surface area contributed by atoms with Crippen molar-refractivity contribution in [3.8, 4) is 5.88 Å². The van der Waals surface area contributed by atoms with Crippen molar-refractivity contribution in [1.82, 2.24) is 10.3 Å². The van der Waals surface area contributed by atoms with Crippen LogP contribution in [0.2, 0.25) is 0 Å². The van der Waals surface area contributed by atoms with Gasteiger partial charge in [0.15, 0.2) is 0 Å². The Morgan fingerprint density at radius 1 is 1.26 bits per heavy atom. The minimum Gasteiger partial charge on any atom is -0.474 e. The lowest BCUT2D eigenvalue weighted by atomic mass is 10.1. The van der Waals surface area contributed by atoms with Crippen LogP contribution in [-0.4, -0.2) is 18.1 Å². The first-order valence-corrected chi connectivity index (χ1v) is 6.94. The molecule has 0 saturated carbocycles. The minimum absolute atomic E-state index is 0.205. The van der Waals surface area contributed by atoms with Crippen LogP contribution in [0.5, 0.6) is 5.88 Å². The molecule has 0 saturated heterocycles. The summed E-state index contributed by atoms with van der Waals surface area (Å²) in [4.78, 5) is 4.49. The summed E-state index contributed by atoms with van der Waals surface area (Å²) in [7, 11) is 1.95. The van der Waals surface area contributed by atoms with Gasteiger partial charge in [-0.05, 0) is 37.4 Å². The number of nitrogens with zero attached hydrogens (tertiary/aromatic N) is 1. The van der Waals surface area contributed by atoms with Gasteiger partial charge >= 0.3 is 0 Å². The largest absolute Gasteiger partial charge is 0.474 e. The van der Waals surface area contributed by atoms with Crippen LogP contribution in [0.1, 0.15) is 32.3 Å². The van der Waals surface area contributed by atoms with Crippen molar-refractivity contribution in [3.63, 3.8) is 0 Å². The monoisotopic (exact) mass is 258 g/mol. The van der Waals surface area contributed by atoms with Gasteiger partial charge in [-0.15, -0.1) is 0 Å². The van der Waals surface area contributed by atoms with E-state index in [-0.39, 0.29) is 6.10 Å². The van der Waals surface area contributed by atoms with E-state index < -0.39 is 0 Å². The van der Waals surface area contributed by atoms with Gasteiger partial charge in [0.1, 0.15) is 0 Å². The second-order valence-corrected chi connectivity index (χ2v) is 4.88. The van der Waals surface area contributed by atoms with Crippen molar-refractivity contribution in [2.75, 3.05) is 7.05 Å².